The molecule has 0 aromatic carbocycles. The summed E-state index contributed by atoms with van der Waals surface area (Å²) in [6.45, 7) is 7.65. The fourth-order valence-electron chi connectivity index (χ4n) is 1.95. The molecule has 0 aliphatic rings. The second-order valence-corrected chi connectivity index (χ2v) is 5.80. The monoisotopic (exact) mass is 232 g/mol. The summed E-state index contributed by atoms with van der Waals surface area (Å²) in [4.78, 5) is 2.45. The lowest BCUT2D eigenvalue weighted by molar-refractivity contribution is 0.165. The average molecular weight is 232 g/mol. The zero-order chi connectivity index (χ0) is 11.8. The van der Waals surface area contributed by atoms with E-state index in [0.29, 0.717) is 12.1 Å². The molecule has 0 aliphatic carbocycles. The maximum absolute atomic E-state index is 5.83. The Bertz CT molecular complexity index is 151. The number of thioether (sulfide) groups is 1. The van der Waals surface area contributed by atoms with E-state index in [1.807, 2.05) is 11.8 Å². The lowest BCUT2D eigenvalue weighted by Gasteiger charge is -2.33. The normalized spacial score (nSPS) is 16.0. The summed E-state index contributed by atoms with van der Waals surface area (Å²) in [5.74, 6) is 1.97. The van der Waals surface area contributed by atoms with Crippen LogP contribution in [0.3, 0.4) is 0 Å². The van der Waals surface area contributed by atoms with E-state index in [9.17, 15) is 0 Å². The van der Waals surface area contributed by atoms with Gasteiger partial charge in [0.05, 0.1) is 0 Å². The highest BCUT2D eigenvalue weighted by atomic mass is 32.2. The summed E-state index contributed by atoms with van der Waals surface area (Å²) in [7, 11) is 2.21. The van der Waals surface area contributed by atoms with Crippen molar-refractivity contribution in [2.75, 3.05) is 25.6 Å². The molecule has 0 aromatic heterocycles. The highest BCUT2D eigenvalue weighted by Crippen LogP contribution is 2.14. The molecule has 92 valence electrons. The van der Waals surface area contributed by atoms with Gasteiger partial charge in [0.15, 0.2) is 0 Å². The topological polar surface area (TPSA) is 29.3 Å². The van der Waals surface area contributed by atoms with Crippen LogP contribution in [-0.2, 0) is 0 Å². The number of nitrogens with zero attached hydrogens (tertiary/aromatic N) is 1. The summed E-state index contributed by atoms with van der Waals surface area (Å²) >= 11 is 1.91. The first-order valence-corrected chi connectivity index (χ1v) is 7.33. The van der Waals surface area contributed by atoms with Crippen LogP contribution in [0.2, 0.25) is 0 Å². The van der Waals surface area contributed by atoms with Gasteiger partial charge in [0.25, 0.3) is 0 Å². The zero-order valence-electron chi connectivity index (χ0n) is 11.0. The molecule has 0 aliphatic heterocycles. The molecule has 0 heterocycles. The molecule has 0 amide bonds. The molecule has 2 N–H and O–H groups in total. The Hall–Kier alpha value is 0.270. The van der Waals surface area contributed by atoms with E-state index in [1.54, 1.807) is 0 Å². The predicted octanol–water partition coefficient (Wildman–Crippen LogP) is 2.43. The fraction of sp³-hybridized carbons (Fsp3) is 1.00. The van der Waals surface area contributed by atoms with Crippen molar-refractivity contribution < 1.29 is 0 Å². The van der Waals surface area contributed by atoms with Gasteiger partial charge >= 0.3 is 0 Å². The van der Waals surface area contributed by atoms with Crippen molar-refractivity contribution in [3.05, 3.63) is 0 Å². The summed E-state index contributed by atoms with van der Waals surface area (Å²) in [5.41, 5.74) is 5.83. The Balaban J connectivity index is 4.05. The van der Waals surface area contributed by atoms with Gasteiger partial charge in [-0.15, -0.1) is 0 Å². The minimum absolute atomic E-state index is 0.547. The van der Waals surface area contributed by atoms with E-state index in [-0.39, 0.29) is 0 Å². The summed E-state index contributed by atoms with van der Waals surface area (Å²) < 4.78 is 0. The molecule has 0 fully saturated rings. The molecular weight excluding hydrogens is 204 g/mol. The molecule has 2 unspecified atom stereocenters. The molecule has 3 heteroatoms. The van der Waals surface area contributed by atoms with Crippen molar-refractivity contribution in [3.8, 4) is 0 Å². The van der Waals surface area contributed by atoms with Crippen molar-refractivity contribution in [3.63, 3.8) is 0 Å². The molecule has 2 nitrogen and oxygen atoms in total. The van der Waals surface area contributed by atoms with Crippen LogP contribution in [0.4, 0.5) is 0 Å². The molecule has 0 bridgehead atoms. The molecule has 2 atom stereocenters. The predicted molar refractivity (Wildman–Crippen MR) is 72.5 cm³/mol. The lowest BCUT2D eigenvalue weighted by Crippen LogP contribution is -2.43. The van der Waals surface area contributed by atoms with E-state index in [2.05, 4.69) is 39.0 Å². The van der Waals surface area contributed by atoms with Gasteiger partial charge in [-0.05, 0) is 44.7 Å². The van der Waals surface area contributed by atoms with Crippen LogP contribution in [0.15, 0.2) is 0 Å². The van der Waals surface area contributed by atoms with Gasteiger partial charge in [-0.3, -0.25) is 4.90 Å². The largest absolute Gasteiger partial charge is 0.329 e. The first kappa shape index (κ1) is 15.3. The Morgan fingerprint density at radius 2 is 1.87 bits per heavy atom. The van der Waals surface area contributed by atoms with Crippen molar-refractivity contribution in [1.29, 1.82) is 0 Å². The highest BCUT2D eigenvalue weighted by Gasteiger charge is 2.18. The zero-order valence-corrected chi connectivity index (χ0v) is 11.8. The minimum Gasteiger partial charge on any atom is -0.329 e. The molecule has 0 rings (SSSR count). The van der Waals surface area contributed by atoms with E-state index < -0.39 is 0 Å². The standard InChI is InChI=1S/C12H28N2S/c1-10(2)8-11(3)14(4)12(9-13)6-7-15-5/h10-12H,6-9,13H2,1-5H3. The molecule has 15 heavy (non-hydrogen) atoms. The van der Waals surface area contributed by atoms with Crippen LogP contribution in [-0.4, -0.2) is 42.6 Å². The minimum atomic E-state index is 0.547. The van der Waals surface area contributed by atoms with Crippen LogP contribution in [0.1, 0.15) is 33.6 Å². The first-order valence-electron chi connectivity index (χ1n) is 5.93. The average Bonchev–Trinajstić information content (AvgIpc) is 2.17. The SMILES string of the molecule is CSCCC(CN)N(C)C(C)CC(C)C. The Kier molecular flexibility index (Phi) is 8.58. The quantitative estimate of drug-likeness (QED) is 0.697. The van der Waals surface area contributed by atoms with E-state index in [1.165, 1.54) is 18.6 Å². The van der Waals surface area contributed by atoms with Gasteiger partial charge in [0.1, 0.15) is 0 Å². The maximum Gasteiger partial charge on any atom is 0.0226 e. The van der Waals surface area contributed by atoms with Crippen molar-refractivity contribution in [1.82, 2.24) is 4.90 Å². The number of hydrogen-bond acceptors (Lipinski definition) is 3. The van der Waals surface area contributed by atoms with E-state index in [0.717, 1.165) is 12.5 Å². The number of nitrogens with two attached hydrogens (primary N) is 1. The molecule has 0 saturated heterocycles. The Labute approximate surface area is 100.0 Å². The number of likely N-dealkylation sites (N-methyl/N-ethyl adjacent to an activating group) is 1. The van der Waals surface area contributed by atoms with Gasteiger partial charge in [-0.2, -0.15) is 11.8 Å². The fourth-order valence-corrected chi connectivity index (χ4v) is 2.46. The molecule has 0 radical (unpaired) electrons. The Morgan fingerprint density at radius 3 is 2.27 bits per heavy atom. The second kappa shape index (κ2) is 8.43. The third-order valence-corrected chi connectivity index (χ3v) is 3.65. The van der Waals surface area contributed by atoms with Crippen LogP contribution in [0, 0.1) is 5.92 Å². The smallest absolute Gasteiger partial charge is 0.0226 e. The third-order valence-electron chi connectivity index (χ3n) is 3.01. The van der Waals surface area contributed by atoms with Crippen LogP contribution < -0.4 is 5.73 Å². The van der Waals surface area contributed by atoms with Crippen molar-refractivity contribution in [2.45, 2.75) is 45.7 Å². The lowest BCUT2D eigenvalue weighted by atomic mass is 10.0. The van der Waals surface area contributed by atoms with Crippen molar-refractivity contribution in [2.24, 2.45) is 11.7 Å². The van der Waals surface area contributed by atoms with Crippen molar-refractivity contribution >= 4 is 11.8 Å². The van der Waals surface area contributed by atoms with E-state index in [4.69, 9.17) is 5.73 Å². The second-order valence-electron chi connectivity index (χ2n) is 4.82. The van der Waals surface area contributed by atoms with Crippen LogP contribution in [0.25, 0.3) is 0 Å². The summed E-state index contributed by atoms with van der Waals surface area (Å²) in [6, 6.07) is 1.19. The van der Waals surface area contributed by atoms with Gasteiger partial charge in [-0.25, -0.2) is 0 Å². The third kappa shape index (κ3) is 6.44. The van der Waals surface area contributed by atoms with E-state index >= 15 is 0 Å². The van der Waals surface area contributed by atoms with Gasteiger partial charge in [0.2, 0.25) is 0 Å². The van der Waals surface area contributed by atoms with Gasteiger partial charge in [0, 0.05) is 18.6 Å². The van der Waals surface area contributed by atoms with Gasteiger partial charge < -0.3 is 5.73 Å². The Morgan fingerprint density at radius 1 is 1.27 bits per heavy atom. The highest BCUT2D eigenvalue weighted by molar-refractivity contribution is 7.98. The van der Waals surface area contributed by atoms with Crippen LogP contribution >= 0.6 is 11.8 Å². The summed E-state index contributed by atoms with van der Waals surface area (Å²) in [6.07, 6.45) is 4.62. The molecular formula is C12H28N2S. The molecule has 0 spiro atoms. The van der Waals surface area contributed by atoms with Crippen LogP contribution in [0.5, 0.6) is 0 Å². The van der Waals surface area contributed by atoms with Gasteiger partial charge in [-0.1, -0.05) is 13.8 Å². The number of hydrogen-bond donors (Lipinski definition) is 1. The number of rotatable bonds is 8. The summed E-state index contributed by atoms with van der Waals surface area (Å²) in [5, 5.41) is 0. The first-order chi connectivity index (χ1) is 7.02. The molecule has 0 saturated carbocycles. The molecule has 0 aromatic rings. The maximum atomic E-state index is 5.83.